The quantitative estimate of drug-likeness (QED) is 0.676. The van der Waals surface area contributed by atoms with Gasteiger partial charge in [-0.2, -0.15) is 0 Å². The van der Waals surface area contributed by atoms with Crippen molar-refractivity contribution in [2.45, 2.75) is 39.2 Å². The van der Waals surface area contributed by atoms with Gasteiger partial charge in [0.25, 0.3) is 5.91 Å². The zero-order valence-electron chi connectivity index (χ0n) is 10.5. The Labute approximate surface area is 101 Å². The van der Waals surface area contributed by atoms with E-state index in [1.54, 1.807) is 6.92 Å². The second-order valence-corrected chi connectivity index (χ2v) is 4.32. The topological polar surface area (TPSA) is 78.5 Å². The molecule has 6 nitrogen and oxygen atoms in total. The number of rotatable bonds is 5. The lowest BCUT2D eigenvalue weighted by Crippen LogP contribution is -2.50. The molecule has 0 aromatic rings. The molecule has 17 heavy (non-hydrogen) atoms. The van der Waals surface area contributed by atoms with Crippen molar-refractivity contribution in [3.05, 3.63) is 0 Å². The molecule has 1 unspecified atom stereocenters. The van der Waals surface area contributed by atoms with Crippen molar-refractivity contribution in [2.24, 2.45) is 0 Å². The summed E-state index contributed by atoms with van der Waals surface area (Å²) in [7, 11) is 0. The van der Waals surface area contributed by atoms with E-state index in [1.165, 1.54) is 4.90 Å². The molecule has 0 aliphatic carbocycles. The van der Waals surface area contributed by atoms with Gasteiger partial charge in [-0.3, -0.25) is 14.9 Å². The van der Waals surface area contributed by atoms with Crippen LogP contribution in [0.2, 0.25) is 0 Å². The molecular formula is C11H19N3O3. The highest BCUT2D eigenvalue weighted by Gasteiger charge is 2.48. The van der Waals surface area contributed by atoms with Crippen LogP contribution in [0.5, 0.6) is 0 Å². The molecule has 1 atom stereocenters. The average molecular weight is 241 g/mol. The number of amides is 4. The fraction of sp³-hybridized carbons (Fsp3) is 0.727. The highest BCUT2D eigenvalue weighted by molar-refractivity contribution is 6.07. The second-order valence-electron chi connectivity index (χ2n) is 4.32. The lowest BCUT2D eigenvalue weighted by Gasteiger charge is -2.30. The van der Waals surface area contributed by atoms with E-state index in [0.717, 1.165) is 6.42 Å². The lowest BCUT2D eigenvalue weighted by atomic mass is 9.97. The standard InChI is InChI=1S/C11H19N3O3/c1-4-6-12-8(15)7-14-10(17)13-9(16)11(14,3)5-2/h4-7H2,1-3H3,(H,12,15)(H,13,16,17). The van der Waals surface area contributed by atoms with E-state index in [0.29, 0.717) is 13.0 Å². The Morgan fingerprint density at radius 3 is 2.59 bits per heavy atom. The molecule has 0 aromatic carbocycles. The van der Waals surface area contributed by atoms with Gasteiger partial charge in [0.1, 0.15) is 12.1 Å². The molecule has 0 aromatic heterocycles. The Balaban J connectivity index is 2.71. The predicted octanol–water partition coefficient (Wildman–Crippen LogP) is 0.233. The van der Waals surface area contributed by atoms with E-state index in [2.05, 4.69) is 10.6 Å². The second kappa shape index (κ2) is 5.16. The van der Waals surface area contributed by atoms with E-state index >= 15 is 0 Å². The summed E-state index contributed by atoms with van der Waals surface area (Å²) in [6.45, 7) is 5.92. The van der Waals surface area contributed by atoms with E-state index in [4.69, 9.17) is 0 Å². The van der Waals surface area contributed by atoms with Gasteiger partial charge in [0.15, 0.2) is 0 Å². The van der Waals surface area contributed by atoms with Gasteiger partial charge in [-0.15, -0.1) is 0 Å². The van der Waals surface area contributed by atoms with E-state index in [1.807, 2.05) is 13.8 Å². The first-order chi connectivity index (χ1) is 7.95. The summed E-state index contributed by atoms with van der Waals surface area (Å²) in [5.41, 5.74) is -0.916. The minimum Gasteiger partial charge on any atom is -0.355 e. The van der Waals surface area contributed by atoms with Gasteiger partial charge < -0.3 is 10.2 Å². The Morgan fingerprint density at radius 2 is 2.06 bits per heavy atom. The molecule has 0 spiro atoms. The third-order valence-corrected chi connectivity index (χ3v) is 3.11. The third-order valence-electron chi connectivity index (χ3n) is 3.11. The predicted molar refractivity (Wildman–Crippen MR) is 62.2 cm³/mol. The molecule has 2 N–H and O–H groups in total. The number of nitrogens with one attached hydrogen (secondary N) is 2. The van der Waals surface area contributed by atoms with Gasteiger partial charge >= 0.3 is 6.03 Å². The summed E-state index contributed by atoms with van der Waals surface area (Å²) in [6.07, 6.45) is 1.31. The number of nitrogens with zero attached hydrogens (tertiary/aromatic N) is 1. The van der Waals surface area contributed by atoms with Gasteiger partial charge in [0, 0.05) is 6.54 Å². The van der Waals surface area contributed by atoms with E-state index in [9.17, 15) is 14.4 Å². The fourth-order valence-electron chi connectivity index (χ4n) is 1.71. The highest BCUT2D eigenvalue weighted by atomic mass is 16.2. The summed E-state index contributed by atoms with van der Waals surface area (Å²) in [6, 6.07) is -0.494. The molecule has 1 aliphatic heterocycles. The number of imide groups is 1. The maximum Gasteiger partial charge on any atom is 0.325 e. The molecule has 4 amide bonds. The van der Waals surface area contributed by atoms with Crippen molar-refractivity contribution in [1.29, 1.82) is 0 Å². The SMILES string of the molecule is CCCNC(=O)CN1C(=O)NC(=O)C1(C)CC. The van der Waals surface area contributed by atoms with Crippen molar-refractivity contribution in [3.8, 4) is 0 Å². The van der Waals surface area contributed by atoms with Crippen LogP contribution in [-0.2, 0) is 9.59 Å². The normalized spacial score (nSPS) is 23.8. The largest absolute Gasteiger partial charge is 0.355 e. The van der Waals surface area contributed by atoms with Crippen LogP contribution >= 0.6 is 0 Å². The molecule has 96 valence electrons. The first kappa shape index (κ1) is 13.5. The van der Waals surface area contributed by atoms with Crippen molar-refractivity contribution in [3.63, 3.8) is 0 Å². The number of carbonyl (C=O) groups excluding carboxylic acids is 3. The maximum atomic E-state index is 11.6. The minimum absolute atomic E-state index is 0.0814. The zero-order chi connectivity index (χ0) is 13.1. The first-order valence-corrected chi connectivity index (χ1v) is 5.85. The monoisotopic (exact) mass is 241 g/mol. The van der Waals surface area contributed by atoms with Crippen LogP contribution < -0.4 is 10.6 Å². The fourth-order valence-corrected chi connectivity index (χ4v) is 1.71. The Morgan fingerprint density at radius 1 is 1.41 bits per heavy atom. The molecule has 1 fully saturated rings. The van der Waals surface area contributed by atoms with Gasteiger partial charge in [0.2, 0.25) is 5.91 Å². The first-order valence-electron chi connectivity index (χ1n) is 5.85. The molecule has 6 heteroatoms. The van der Waals surface area contributed by atoms with Crippen LogP contribution in [0.3, 0.4) is 0 Å². The summed E-state index contributed by atoms with van der Waals surface area (Å²) in [5.74, 6) is -0.579. The van der Waals surface area contributed by atoms with Gasteiger partial charge in [0.05, 0.1) is 0 Å². The Kier molecular flexibility index (Phi) is 4.09. The molecule has 0 radical (unpaired) electrons. The number of hydrogen-bond donors (Lipinski definition) is 2. The van der Waals surface area contributed by atoms with Gasteiger partial charge in [-0.25, -0.2) is 4.79 Å². The number of carbonyl (C=O) groups is 3. The molecular weight excluding hydrogens is 222 g/mol. The number of urea groups is 1. The maximum absolute atomic E-state index is 11.6. The lowest BCUT2D eigenvalue weighted by molar-refractivity contribution is -0.128. The summed E-state index contributed by atoms with van der Waals surface area (Å²) in [4.78, 5) is 36.1. The number of hydrogen-bond acceptors (Lipinski definition) is 3. The van der Waals surface area contributed by atoms with Crippen molar-refractivity contribution in [2.75, 3.05) is 13.1 Å². The van der Waals surface area contributed by atoms with Gasteiger partial charge in [-0.05, 0) is 19.8 Å². The summed E-state index contributed by atoms with van der Waals surface area (Å²) >= 11 is 0. The van der Waals surface area contributed by atoms with Crippen LogP contribution in [-0.4, -0.2) is 41.4 Å². The smallest absolute Gasteiger partial charge is 0.325 e. The Hall–Kier alpha value is -1.59. The van der Waals surface area contributed by atoms with Crippen molar-refractivity contribution >= 4 is 17.8 Å². The summed E-state index contributed by atoms with van der Waals surface area (Å²) < 4.78 is 0. The van der Waals surface area contributed by atoms with E-state index < -0.39 is 11.6 Å². The Bertz CT molecular complexity index is 343. The van der Waals surface area contributed by atoms with Crippen LogP contribution in [0.1, 0.15) is 33.6 Å². The van der Waals surface area contributed by atoms with Crippen LogP contribution in [0.25, 0.3) is 0 Å². The van der Waals surface area contributed by atoms with Crippen LogP contribution in [0.15, 0.2) is 0 Å². The molecule has 0 saturated carbocycles. The highest BCUT2D eigenvalue weighted by Crippen LogP contribution is 2.24. The van der Waals surface area contributed by atoms with Gasteiger partial charge in [-0.1, -0.05) is 13.8 Å². The molecule has 1 heterocycles. The van der Waals surface area contributed by atoms with Crippen molar-refractivity contribution in [1.82, 2.24) is 15.5 Å². The molecule has 1 saturated heterocycles. The molecule has 1 aliphatic rings. The zero-order valence-corrected chi connectivity index (χ0v) is 10.5. The summed E-state index contributed by atoms with van der Waals surface area (Å²) in [5, 5.41) is 4.92. The average Bonchev–Trinajstić information content (AvgIpc) is 2.51. The van der Waals surface area contributed by atoms with Crippen LogP contribution in [0.4, 0.5) is 4.79 Å². The molecule has 1 rings (SSSR count). The third kappa shape index (κ3) is 2.57. The van der Waals surface area contributed by atoms with E-state index in [-0.39, 0.29) is 18.4 Å². The van der Waals surface area contributed by atoms with Crippen molar-refractivity contribution < 1.29 is 14.4 Å². The minimum atomic E-state index is -0.916. The molecule has 0 bridgehead atoms. The van der Waals surface area contributed by atoms with Crippen LogP contribution in [0, 0.1) is 0 Å².